The highest BCUT2D eigenvalue weighted by molar-refractivity contribution is 5.99. The van der Waals surface area contributed by atoms with Crippen molar-refractivity contribution in [3.63, 3.8) is 0 Å². The first-order chi connectivity index (χ1) is 16.5. The van der Waals surface area contributed by atoms with E-state index in [0.29, 0.717) is 44.0 Å². The molecule has 3 aromatic rings. The molecular formula is C26H26N4O4. The number of anilines is 2. The fourth-order valence-corrected chi connectivity index (χ4v) is 4.51. The molecule has 5 rings (SSSR count). The van der Waals surface area contributed by atoms with E-state index in [1.165, 1.54) is 0 Å². The lowest BCUT2D eigenvalue weighted by Gasteiger charge is -2.23. The second-order valence-electron chi connectivity index (χ2n) is 8.62. The number of hydrogen-bond acceptors (Lipinski definition) is 6. The molecule has 2 amide bonds. The third kappa shape index (κ3) is 4.39. The van der Waals surface area contributed by atoms with Crippen LogP contribution >= 0.6 is 0 Å². The van der Waals surface area contributed by atoms with Gasteiger partial charge >= 0.3 is 6.09 Å². The van der Waals surface area contributed by atoms with Crippen molar-refractivity contribution in [2.24, 2.45) is 0 Å². The molecule has 2 fully saturated rings. The summed E-state index contributed by atoms with van der Waals surface area (Å²) in [6.45, 7) is 1.84. The molecule has 2 aliphatic rings. The summed E-state index contributed by atoms with van der Waals surface area (Å²) in [5.41, 5.74) is 1.65. The molecule has 1 aromatic heterocycles. The number of carbonyl (C=O) groups is 2. The van der Waals surface area contributed by atoms with Gasteiger partial charge in [0.1, 0.15) is 11.6 Å². The Hall–Kier alpha value is -4.07. The van der Waals surface area contributed by atoms with E-state index in [9.17, 15) is 9.59 Å². The Balaban J connectivity index is 1.28. The van der Waals surface area contributed by atoms with E-state index in [-0.39, 0.29) is 12.0 Å². The summed E-state index contributed by atoms with van der Waals surface area (Å²) >= 11 is 0. The number of amides is 2. The molecule has 0 radical (unpaired) electrons. The smallest absolute Gasteiger partial charge is 0.410 e. The van der Waals surface area contributed by atoms with E-state index < -0.39 is 5.60 Å². The Labute approximate surface area is 198 Å². The Kier molecular flexibility index (Phi) is 5.79. The van der Waals surface area contributed by atoms with Crippen molar-refractivity contribution in [3.8, 4) is 5.75 Å². The highest BCUT2D eigenvalue weighted by Gasteiger charge is 2.50. The Bertz CT molecular complexity index is 1180. The van der Waals surface area contributed by atoms with Crippen molar-refractivity contribution < 1.29 is 19.1 Å². The van der Waals surface area contributed by atoms with Gasteiger partial charge in [-0.2, -0.15) is 0 Å². The quantitative estimate of drug-likeness (QED) is 0.600. The van der Waals surface area contributed by atoms with E-state index in [0.717, 1.165) is 17.0 Å². The zero-order valence-corrected chi connectivity index (χ0v) is 18.9. The van der Waals surface area contributed by atoms with Crippen molar-refractivity contribution in [3.05, 3.63) is 84.1 Å². The summed E-state index contributed by atoms with van der Waals surface area (Å²) in [7, 11) is 1.61. The molecule has 1 spiro atoms. The Morgan fingerprint density at radius 2 is 1.88 bits per heavy atom. The zero-order valence-electron chi connectivity index (χ0n) is 18.9. The minimum Gasteiger partial charge on any atom is -0.497 e. The number of benzene rings is 2. The number of nitrogens with zero attached hydrogens (tertiary/aromatic N) is 3. The summed E-state index contributed by atoms with van der Waals surface area (Å²) in [6, 6.07) is 20.7. The van der Waals surface area contributed by atoms with Crippen LogP contribution in [-0.2, 0) is 11.3 Å². The predicted molar refractivity (Wildman–Crippen MR) is 127 cm³/mol. The predicted octanol–water partition coefficient (Wildman–Crippen LogP) is 4.07. The maximum absolute atomic E-state index is 13.4. The fourth-order valence-electron chi connectivity index (χ4n) is 4.51. The highest BCUT2D eigenvalue weighted by Crippen LogP contribution is 2.34. The third-order valence-corrected chi connectivity index (χ3v) is 6.25. The molecule has 2 aliphatic heterocycles. The zero-order chi connectivity index (χ0) is 23.5. The number of aromatic nitrogens is 1. The third-order valence-electron chi connectivity index (χ3n) is 6.25. The number of carbonyl (C=O) groups excluding carboxylic acids is 2. The molecule has 1 N–H and O–H groups in total. The van der Waals surface area contributed by atoms with E-state index in [4.69, 9.17) is 9.47 Å². The lowest BCUT2D eigenvalue weighted by Crippen LogP contribution is -2.39. The lowest BCUT2D eigenvalue weighted by atomic mass is 10.0. The molecule has 0 bridgehead atoms. The van der Waals surface area contributed by atoms with Crippen LogP contribution in [0.3, 0.4) is 0 Å². The number of rotatable bonds is 6. The van der Waals surface area contributed by atoms with Crippen LogP contribution in [0, 0.1) is 0 Å². The normalized spacial score (nSPS) is 19.4. The van der Waals surface area contributed by atoms with Gasteiger partial charge in [-0.1, -0.05) is 30.3 Å². The van der Waals surface area contributed by atoms with E-state index in [1.807, 2.05) is 54.6 Å². The molecule has 0 saturated carbocycles. The first-order valence-corrected chi connectivity index (χ1v) is 11.2. The summed E-state index contributed by atoms with van der Waals surface area (Å²) in [5, 5.41) is 3.22. The van der Waals surface area contributed by atoms with Gasteiger partial charge in [0.05, 0.1) is 25.8 Å². The molecular weight excluding hydrogens is 432 g/mol. The fraction of sp³-hybridized carbons (Fsp3) is 0.269. The van der Waals surface area contributed by atoms with Crippen LogP contribution in [-0.4, -0.2) is 59.1 Å². The van der Waals surface area contributed by atoms with Crippen LogP contribution in [0.25, 0.3) is 0 Å². The Morgan fingerprint density at radius 1 is 1.09 bits per heavy atom. The van der Waals surface area contributed by atoms with Crippen molar-refractivity contribution in [1.29, 1.82) is 0 Å². The van der Waals surface area contributed by atoms with Gasteiger partial charge in [-0.25, -0.2) is 9.78 Å². The summed E-state index contributed by atoms with van der Waals surface area (Å²) in [6.07, 6.45) is 1.92. The molecule has 0 unspecified atom stereocenters. The minimum absolute atomic E-state index is 0.140. The summed E-state index contributed by atoms with van der Waals surface area (Å²) < 4.78 is 11.0. The van der Waals surface area contributed by atoms with Crippen molar-refractivity contribution in [2.45, 2.75) is 18.6 Å². The average molecular weight is 459 g/mol. The first kappa shape index (κ1) is 21.8. The number of ether oxygens (including phenoxy) is 2. The maximum atomic E-state index is 13.4. The van der Waals surface area contributed by atoms with Gasteiger partial charge in [0.25, 0.3) is 5.91 Å². The van der Waals surface area contributed by atoms with Crippen LogP contribution in [0.5, 0.6) is 5.75 Å². The molecule has 8 heteroatoms. The van der Waals surface area contributed by atoms with Crippen LogP contribution in [0.15, 0.2) is 72.9 Å². The Morgan fingerprint density at radius 3 is 2.65 bits per heavy atom. The summed E-state index contributed by atoms with van der Waals surface area (Å²) in [4.78, 5) is 33.8. The van der Waals surface area contributed by atoms with Gasteiger partial charge in [-0.15, -0.1) is 0 Å². The van der Waals surface area contributed by atoms with Crippen LogP contribution in [0.4, 0.5) is 16.3 Å². The molecule has 2 aromatic carbocycles. The molecule has 0 aliphatic carbocycles. The van der Waals surface area contributed by atoms with Crippen LogP contribution < -0.4 is 10.1 Å². The lowest BCUT2D eigenvalue weighted by molar-refractivity contribution is 0.0553. The molecule has 1 atom stereocenters. The number of nitrogens with one attached hydrogen (secondary N) is 1. The topological polar surface area (TPSA) is 84.0 Å². The van der Waals surface area contributed by atoms with E-state index in [1.54, 1.807) is 35.2 Å². The minimum atomic E-state index is -0.673. The van der Waals surface area contributed by atoms with Gasteiger partial charge in [0, 0.05) is 31.4 Å². The number of likely N-dealkylation sites (tertiary alicyclic amines) is 1. The molecule has 8 nitrogen and oxygen atoms in total. The van der Waals surface area contributed by atoms with Gasteiger partial charge in [-0.05, 0) is 42.0 Å². The van der Waals surface area contributed by atoms with Gasteiger partial charge < -0.3 is 19.7 Å². The maximum Gasteiger partial charge on any atom is 0.410 e. The average Bonchev–Trinajstić information content (AvgIpc) is 3.41. The van der Waals surface area contributed by atoms with Crippen molar-refractivity contribution >= 4 is 23.5 Å². The van der Waals surface area contributed by atoms with E-state index >= 15 is 0 Å². The monoisotopic (exact) mass is 458 g/mol. The molecule has 174 valence electrons. The van der Waals surface area contributed by atoms with Crippen molar-refractivity contribution in [1.82, 2.24) is 14.8 Å². The van der Waals surface area contributed by atoms with Gasteiger partial charge in [0.15, 0.2) is 5.60 Å². The largest absolute Gasteiger partial charge is 0.497 e. The first-order valence-electron chi connectivity index (χ1n) is 11.2. The number of hydrogen-bond donors (Lipinski definition) is 1. The van der Waals surface area contributed by atoms with Crippen LogP contribution in [0.1, 0.15) is 22.3 Å². The molecule has 2 saturated heterocycles. The SMILES string of the molecule is COc1ccc(Nc2ncccc2C(=O)N2CC[C@@]3(CN(Cc4ccccc4)C(=O)O3)C2)cc1. The second-order valence-corrected chi connectivity index (χ2v) is 8.62. The molecule has 34 heavy (non-hydrogen) atoms. The van der Waals surface area contributed by atoms with Gasteiger partial charge in [0.2, 0.25) is 0 Å². The van der Waals surface area contributed by atoms with Crippen LogP contribution in [0.2, 0.25) is 0 Å². The number of pyridine rings is 1. The standard InChI is InChI=1S/C26H26N4O4/c1-33-21-11-9-20(10-12-21)28-23-22(8-5-14-27-23)24(31)29-15-13-26(17-29)18-30(25(32)34-26)16-19-6-3-2-4-7-19/h2-12,14H,13,15-18H2,1H3,(H,27,28)/t26-/m0/s1. The summed E-state index contributed by atoms with van der Waals surface area (Å²) in [5.74, 6) is 1.09. The second kappa shape index (κ2) is 9.05. The van der Waals surface area contributed by atoms with E-state index in [2.05, 4.69) is 10.3 Å². The molecule has 3 heterocycles. The van der Waals surface area contributed by atoms with Crippen molar-refractivity contribution in [2.75, 3.05) is 32.1 Å². The highest BCUT2D eigenvalue weighted by atomic mass is 16.6. The van der Waals surface area contributed by atoms with Gasteiger partial charge in [-0.3, -0.25) is 9.69 Å². The number of methoxy groups -OCH3 is 1.